The van der Waals surface area contributed by atoms with Gasteiger partial charge in [-0.2, -0.15) is 5.09 Å². The number of aromatic nitrogens is 2. The van der Waals surface area contributed by atoms with Crippen molar-refractivity contribution in [2.45, 2.75) is 63.9 Å². The van der Waals surface area contributed by atoms with E-state index in [1.807, 2.05) is 4.98 Å². The zero-order valence-electron chi connectivity index (χ0n) is 20.1. The van der Waals surface area contributed by atoms with Gasteiger partial charge in [-0.25, -0.2) is 13.8 Å². The minimum atomic E-state index is -4.30. The molecule has 1 fully saturated rings. The predicted octanol–water partition coefficient (Wildman–Crippen LogP) is 1.44. The summed E-state index contributed by atoms with van der Waals surface area (Å²) >= 11 is 0. The summed E-state index contributed by atoms with van der Waals surface area (Å²) in [5, 5.41) is 12.9. The molecule has 0 saturated carbocycles. The number of nitrogens with one attached hydrogen (secondary N) is 2. The van der Waals surface area contributed by atoms with Gasteiger partial charge in [0.15, 0.2) is 11.9 Å². The summed E-state index contributed by atoms with van der Waals surface area (Å²) in [6, 6.07) is 7.86. The van der Waals surface area contributed by atoms with Crippen LogP contribution in [-0.4, -0.2) is 57.8 Å². The minimum Gasteiger partial charge on any atom is -0.462 e. The molecule has 1 aliphatic rings. The lowest BCUT2D eigenvalue weighted by Gasteiger charge is -2.28. The largest absolute Gasteiger partial charge is 0.462 e. The highest BCUT2D eigenvalue weighted by atomic mass is 31.2. The van der Waals surface area contributed by atoms with Crippen LogP contribution >= 0.6 is 7.75 Å². The Bertz CT molecular complexity index is 1220. The Morgan fingerprint density at radius 1 is 1.28 bits per heavy atom. The van der Waals surface area contributed by atoms with Gasteiger partial charge in [0, 0.05) is 12.3 Å². The van der Waals surface area contributed by atoms with E-state index in [4.69, 9.17) is 18.5 Å². The topological polar surface area (TPSA) is 158 Å². The summed E-state index contributed by atoms with van der Waals surface area (Å²) in [5.41, 5.74) is -3.64. The fraction of sp³-hybridized carbons (Fsp3) is 0.500. The summed E-state index contributed by atoms with van der Waals surface area (Å²) < 4.78 is 51.2. The van der Waals surface area contributed by atoms with E-state index in [9.17, 15) is 24.1 Å². The van der Waals surface area contributed by atoms with Gasteiger partial charge in [0.05, 0.1) is 12.7 Å². The van der Waals surface area contributed by atoms with E-state index in [-0.39, 0.29) is 5.75 Å². The molecule has 12 nitrogen and oxygen atoms in total. The number of aliphatic hydroxyl groups excluding tert-OH is 1. The highest BCUT2D eigenvalue weighted by molar-refractivity contribution is 7.52. The lowest BCUT2D eigenvalue weighted by Crippen LogP contribution is -2.47. The summed E-state index contributed by atoms with van der Waals surface area (Å²) in [4.78, 5) is 37.8. The quantitative estimate of drug-likeness (QED) is 0.304. The Morgan fingerprint density at radius 2 is 1.94 bits per heavy atom. The molecule has 1 aromatic heterocycles. The third-order valence-electron chi connectivity index (χ3n) is 5.32. The Kier molecular flexibility index (Phi) is 8.52. The first-order valence-electron chi connectivity index (χ1n) is 11.1. The summed E-state index contributed by atoms with van der Waals surface area (Å²) in [7, 11) is -4.30. The number of para-hydroxylation sites is 1. The second-order valence-electron chi connectivity index (χ2n) is 8.62. The normalized spacial score (nSPS) is 26.4. The number of aromatic amines is 1. The number of benzene rings is 1. The standard InChI is InChI=1S/C22H29FN3O9P/c1-13(2)33-20(29)14(3)25-36(31,35-15-8-6-5-7-9-15)32-12-16-18(28)19(23)22(4,34-16)26-11-10-17(27)24-21(26)30/h5-11,13-14,16,18-19,28H,12H2,1-4H3,(H,25,31)(H,24,27,30)/t14-,16+,18+,19+,22-,36?/m0/s1. The van der Waals surface area contributed by atoms with Crippen LogP contribution in [0.3, 0.4) is 0 Å². The molecule has 3 N–H and O–H groups in total. The van der Waals surface area contributed by atoms with E-state index in [1.54, 1.807) is 32.0 Å². The first-order valence-corrected chi connectivity index (χ1v) is 12.7. The molecule has 0 aliphatic carbocycles. The van der Waals surface area contributed by atoms with Crippen LogP contribution in [0.2, 0.25) is 0 Å². The van der Waals surface area contributed by atoms with Crippen molar-refractivity contribution in [3.63, 3.8) is 0 Å². The molecule has 0 radical (unpaired) electrons. The maximum atomic E-state index is 15.1. The number of rotatable bonds is 10. The van der Waals surface area contributed by atoms with Crippen molar-refractivity contribution in [1.29, 1.82) is 0 Å². The fourth-order valence-electron chi connectivity index (χ4n) is 3.54. The van der Waals surface area contributed by atoms with Crippen molar-refractivity contribution >= 4 is 13.7 Å². The number of hydrogen-bond donors (Lipinski definition) is 3. The summed E-state index contributed by atoms with van der Waals surface area (Å²) in [6.45, 7) is 5.27. The molecule has 1 unspecified atom stereocenters. The van der Waals surface area contributed by atoms with Crippen molar-refractivity contribution in [1.82, 2.24) is 14.6 Å². The van der Waals surface area contributed by atoms with Crippen LogP contribution in [0.15, 0.2) is 52.2 Å². The molecular weight excluding hydrogens is 500 g/mol. The third-order valence-corrected chi connectivity index (χ3v) is 6.96. The highest BCUT2D eigenvalue weighted by Gasteiger charge is 2.55. The van der Waals surface area contributed by atoms with Crippen molar-refractivity contribution in [2.24, 2.45) is 0 Å². The fourth-order valence-corrected chi connectivity index (χ4v) is 5.04. The zero-order chi connectivity index (χ0) is 26.7. The first-order chi connectivity index (χ1) is 16.8. The molecule has 6 atom stereocenters. The molecule has 1 aromatic carbocycles. The lowest BCUT2D eigenvalue weighted by atomic mass is 10.1. The molecule has 198 valence electrons. The molecule has 2 aromatic rings. The molecule has 0 amide bonds. The van der Waals surface area contributed by atoms with E-state index in [2.05, 4.69) is 5.09 Å². The Morgan fingerprint density at radius 3 is 2.56 bits per heavy atom. The van der Waals surface area contributed by atoms with Gasteiger partial charge in [-0.3, -0.25) is 23.7 Å². The smallest absolute Gasteiger partial charge is 0.459 e. The van der Waals surface area contributed by atoms with E-state index in [0.717, 1.165) is 16.8 Å². The molecule has 2 heterocycles. The van der Waals surface area contributed by atoms with Crippen molar-refractivity contribution in [3.8, 4) is 5.75 Å². The average molecular weight is 529 g/mol. The van der Waals surface area contributed by atoms with Crippen LogP contribution in [0.4, 0.5) is 4.39 Å². The van der Waals surface area contributed by atoms with Crippen LogP contribution in [0.5, 0.6) is 5.75 Å². The van der Waals surface area contributed by atoms with Crippen molar-refractivity contribution < 1.29 is 37.4 Å². The molecular formula is C22H29FN3O9P. The molecule has 36 heavy (non-hydrogen) atoms. The summed E-state index contributed by atoms with van der Waals surface area (Å²) in [5.74, 6) is -0.560. The maximum Gasteiger partial charge on any atom is 0.459 e. The van der Waals surface area contributed by atoms with Gasteiger partial charge in [-0.1, -0.05) is 18.2 Å². The van der Waals surface area contributed by atoms with Gasteiger partial charge >= 0.3 is 19.4 Å². The van der Waals surface area contributed by atoms with Gasteiger partial charge in [-0.05, 0) is 39.8 Å². The average Bonchev–Trinajstić information content (AvgIpc) is 3.02. The molecule has 3 rings (SSSR count). The Labute approximate surface area is 205 Å². The monoisotopic (exact) mass is 529 g/mol. The van der Waals surface area contributed by atoms with E-state index < -0.39 is 67.8 Å². The van der Waals surface area contributed by atoms with Gasteiger partial charge in [0.25, 0.3) is 5.56 Å². The molecule has 0 spiro atoms. The van der Waals surface area contributed by atoms with Crippen LogP contribution < -0.4 is 20.9 Å². The number of aliphatic hydroxyl groups is 1. The lowest BCUT2D eigenvalue weighted by molar-refractivity contribution is -0.149. The number of ether oxygens (including phenoxy) is 2. The second-order valence-corrected chi connectivity index (χ2v) is 10.3. The minimum absolute atomic E-state index is 0.152. The van der Waals surface area contributed by atoms with Gasteiger partial charge in [0.1, 0.15) is 24.0 Å². The van der Waals surface area contributed by atoms with Crippen molar-refractivity contribution in [2.75, 3.05) is 6.61 Å². The number of esters is 1. The SMILES string of the molecule is CC(C)OC(=O)[C@H](C)NP(=O)(OC[C@H]1O[C@](C)(n2ccc(=O)[nH]c2=O)[C@H](F)[C@@H]1O)Oc1ccccc1. The van der Waals surface area contributed by atoms with E-state index in [1.165, 1.54) is 26.0 Å². The van der Waals surface area contributed by atoms with Gasteiger partial charge in [0.2, 0.25) is 0 Å². The molecule has 14 heteroatoms. The molecule has 0 bridgehead atoms. The molecule has 1 aliphatic heterocycles. The number of nitrogens with zero attached hydrogens (tertiary/aromatic N) is 1. The summed E-state index contributed by atoms with van der Waals surface area (Å²) in [6.07, 6.45) is -4.68. The maximum absolute atomic E-state index is 15.1. The van der Waals surface area contributed by atoms with Gasteiger partial charge < -0.3 is 19.1 Å². The van der Waals surface area contributed by atoms with Crippen molar-refractivity contribution in [3.05, 3.63) is 63.4 Å². The van der Waals surface area contributed by atoms with Crippen LogP contribution in [0.25, 0.3) is 0 Å². The Hall–Kier alpha value is -2.83. The molecule has 1 saturated heterocycles. The Balaban J connectivity index is 1.80. The number of halogens is 1. The van der Waals surface area contributed by atoms with Crippen LogP contribution in [-0.2, 0) is 29.1 Å². The number of hydrogen-bond acceptors (Lipinski definition) is 9. The number of alkyl halides is 1. The number of carbonyl (C=O) groups is 1. The second kappa shape index (κ2) is 11.1. The third kappa shape index (κ3) is 6.29. The number of carbonyl (C=O) groups excluding carboxylic acids is 1. The van der Waals surface area contributed by atoms with Crippen LogP contribution in [0.1, 0.15) is 27.7 Å². The van der Waals surface area contributed by atoms with Gasteiger partial charge in [-0.15, -0.1) is 0 Å². The first kappa shape index (κ1) is 27.8. The number of H-pyrrole nitrogens is 1. The van der Waals surface area contributed by atoms with Crippen LogP contribution in [0, 0.1) is 0 Å². The van der Waals surface area contributed by atoms with E-state index in [0.29, 0.717) is 0 Å². The predicted molar refractivity (Wildman–Crippen MR) is 125 cm³/mol. The highest BCUT2D eigenvalue weighted by Crippen LogP contribution is 2.46. The zero-order valence-corrected chi connectivity index (χ0v) is 21.0. The van der Waals surface area contributed by atoms with E-state index >= 15 is 4.39 Å².